The average Bonchev–Trinajstić information content (AvgIpc) is 3.56. The van der Waals surface area contributed by atoms with Crippen molar-refractivity contribution in [2.24, 2.45) is 0 Å². The van der Waals surface area contributed by atoms with Crippen LogP contribution in [0.15, 0.2) is 42.7 Å². The predicted molar refractivity (Wildman–Crippen MR) is 119 cm³/mol. The quantitative estimate of drug-likeness (QED) is 0.696. The van der Waals surface area contributed by atoms with Crippen LogP contribution in [0, 0.1) is 0 Å². The third-order valence-electron chi connectivity index (χ3n) is 7.06. The van der Waals surface area contributed by atoms with Crippen molar-refractivity contribution in [2.75, 3.05) is 18.4 Å². The van der Waals surface area contributed by atoms with E-state index >= 15 is 0 Å². The standard InChI is InChI=1S/C25H26N4O2/c30-23-6-2-17-15-18(1-5-22(17)27-23)25(31)28-12-8-16(9-13-28)20-7-11-26-24-21(20)10-14-29(24)19-3-4-19/h1,5,7,10-11,14-16,19H,2-4,6,8-9,12-13H2,(H,27,30). The zero-order chi connectivity index (χ0) is 20.9. The van der Waals surface area contributed by atoms with Crippen LogP contribution in [0.25, 0.3) is 11.0 Å². The van der Waals surface area contributed by atoms with E-state index in [1.165, 1.54) is 23.8 Å². The molecule has 1 aliphatic carbocycles. The number of nitrogens with zero attached hydrogens (tertiary/aromatic N) is 3. The molecule has 158 valence electrons. The Morgan fingerprint density at radius 3 is 2.68 bits per heavy atom. The minimum absolute atomic E-state index is 0.0475. The molecule has 1 saturated heterocycles. The van der Waals surface area contributed by atoms with Gasteiger partial charge in [-0.05, 0) is 79.5 Å². The van der Waals surface area contributed by atoms with Crippen molar-refractivity contribution in [3.05, 3.63) is 59.4 Å². The van der Waals surface area contributed by atoms with Crippen LogP contribution >= 0.6 is 0 Å². The second-order valence-electron chi connectivity index (χ2n) is 9.08. The molecule has 2 aromatic heterocycles. The number of nitrogens with one attached hydrogen (secondary N) is 1. The second kappa shape index (κ2) is 7.22. The van der Waals surface area contributed by atoms with E-state index in [0.29, 0.717) is 24.8 Å². The van der Waals surface area contributed by atoms with Crippen molar-refractivity contribution in [3.8, 4) is 0 Å². The second-order valence-corrected chi connectivity index (χ2v) is 9.08. The number of aromatic nitrogens is 2. The number of carbonyl (C=O) groups excluding carboxylic acids is 2. The minimum atomic E-state index is 0.0475. The van der Waals surface area contributed by atoms with Gasteiger partial charge in [0.25, 0.3) is 5.91 Å². The maximum Gasteiger partial charge on any atom is 0.253 e. The maximum atomic E-state index is 13.1. The smallest absolute Gasteiger partial charge is 0.253 e. The zero-order valence-corrected chi connectivity index (χ0v) is 17.5. The van der Waals surface area contributed by atoms with Gasteiger partial charge in [0.05, 0.1) is 0 Å². The Labute approximate surface area is 181 Å². The first kappa shape index (κ1) is 18.6. The number of likely N-dealkylation sites (tertiary alicyclic amines) is 1. The molecule has 0 radical (unpaired) electrons. The van der Waals surface area contributed by atoms with Crippen molar-refractivity contribution in [3.63, 3.8) is 0 Å². The number of pyridine rings is 1. The number of anilines is 1. The first-order chi connectivity index (χ1) is 15.2. The lowest BCUT2D eigenvalue weighted by Gasteiger charge is -2.32. The Bertz CT molecular complexity index is 1190. The van der Waals surface area contributed by atoms with E-state index in [1.807, 2.05) is 29.3 Å². The van der Waals surface area contributed by atoms with Crippen LogP contribution in [0.3, 0.4) is 0 Å². The Balaban J connectivity index is 1.17. The van der Waals surface area contributed by atoms with Crippen LogP contribution in [0.1, 0.15) is 65.5 Å². The molecule has 6 nitrogen and oxygen atoms in total. The summed E-state index contributed by atoms with van der Waals surface area (Å²) in [5, 5.41) is 4.16. The number of fused-ring (bicyclic) bond motifs is 2. The van der Waals surface area contributed by atoms with E-state index in [-0.39, 0.29) is 11.8 Å². The molecule has 1 saturated carbocycles. The van der Waals surface area contributed by atoms with Crippen molar-refractivity contribution >= 4 is 28.5 Å². The molecule has 1 N–H and O–H groups in total. The normalized spacial score (nSPS) is 19.4. The summed E-state index contributed by atoms with van der Waals surface area (Å²) in [4.78, 5) is 31.3. The number of rotatable bonds is 3. The molecule has 2 amide bonds. The molecule has 3 aromatic rings. The van der Waals surface area contributed by atoms with E-state index in [9.17, 15) is 9.59 Å². The molecule has 0 spiro atoms. The molecule has 0 bridgehead atoms. The van der Waals surface area contributed by atoms with Gasteiger partial charge in [0.1, 0.15) is 5.65 Å². The lowest BCUT2D eigenvalue weighted by molar-refractivity contribution is -0.116. The SMILES string of the molecule is O=C1CCc2cc(C(=O)N3CCC(c4ccnc5c4ccn5C4CC4)CC3)ccc2N1. The van der Waals surface area contributed by atoms with Gasteiger partial charge in [-0.2, -0.15) is 0 Å². The average molecular weight is 415 g/mol. The molecular weight excluding hydrogens is 388 g/mol. The zero-order valence-electron chi connectivity index (χ0n) is 17.5. The number of carbonyl (C=O) groups is 2. The molecule has 4 heterocycles. The fourth-order valence-corrected chi connectivity index (χ4v) is 5.17. The summed E-state index contributed by atoms with van der Waals surface area (Å²) >= 11 is 0. The molecule has 6 heteroatoms. The van der Waals surface area contributed by atoms with Crippen LogP contribution in [0.5, 0.6) is 0 Å². The summed E-state index contributed by atoms with van der Waals surface area (Å²) in [7, 11) is 0. The van der Waals surface area contributed by atoms with Crippen molar-refractivity contribution in [2.45, 2.75) is 50.5 Å². The third kappa shape index (κ3) is 3.30. The molecule has 6 rings (SSSR count). The summed E-state index contributed by atoms with van der Waals surface area (Å²) in [6.07, 6.45) is 9.77. The van der Waals surface area contributed by atoms with Gasteiger partial charge in [-0.15, -0.1) is 0 Å². The van der Waals surface area contributed by atoms with Crippen LogP contribution in [0.4, 0.5) is 5.69 Å². The Hall–Kier alpha value is -3.15. The number of hydrogen-bond acceptors (Lipinski definition) is 3. The topological polar surface area (TPSA) is 67.2 Å². The summed E-state index contributed by atoms with van der Waals surface area (Å²) in [6.45, 7) is 1.54. The number of amides is 2. The molecule has 0 unspecified atom stereocenters. The number of benzene rings is 1. The summed E-state index contributed by atoms with van der Waals surface area (Å²) in [6, 6.07) is 10.7. The van der Waals surface area contributed by atoms with Crippen LogP contribution in [-0.4, -0.2) is 39.4 Å². The van der Waals surface area contributed by atoms with E-state index in [0.717, 1.165) is 48.4 Å². The van der Waals surface area contributed by atoms with Crippen molar-refractivity contribution in [1.29, 1.82) is 0 Å². The summed E-state index contributed by atoms with van der Waals surface area (Å²) in [5.74, 6) is 0.604. The Morgan fingerprint density at radius 2 is 1.87 bits per heavy atom. The van der Waals surface area contributed by atoms with Gasteiger partial charge in [0.15, 0.2) is 0 Å². The van der Waals surface area contributed by atoms with Crippen LogP contribution < -0.4 is 5.32 Å². The molecule has 0 atom stereocenters. The number of hydrogen-bond donors (Lipinski definition) is 1. The fraction of sp³-hybridized carbons (Fsp3) is 0.400. The first-order valence-electron chi connectivity index (χ1n) is 11.3. The number of aryl methyl sites for hydroxylation is 1. The molecule has 3 aliphatic rings. The van der Waals surface area contributed by atoms with Crippen molar-refractivity contribution < 1.29 is 9.59 Å². The van der Waals surface area contributed by atoms with E-state index in [1.54, 1.807) is 0 Å². The highest BCUT2D eigenvalue weighted by Crippen LogP contribution is 2.39. The molecule has 31 heavy (non-hydrogen) atoms. The summed E-state index contributed by atoms with van der Waals surface area (Å²) in [5.41, 5.74) is 5.10. The Kier molecular flexibility index (Phi) is 4.33. The van der Waals surface area contributed by atoms with Gasteiger partial charge in [0.2, 0.25) is 5.91 Å². The molecular formula is C25H26N4O2. The lowest BCUT2D eigenvalue weighted by Crippen LogP contribution is -2.38. The minimum Gasteiger partial charge on any atom is -0.339 e. The molecule has 2 aliphatic heterocycles. The van der Waals surface area contributed by atoms with Gasteiger partial charge in [0, 0.05) is 54.6 Å². The number of piperidine rings is 1. The van der Waals surface area contributed by atoms with Gasteiger partial charge in [-0.25, -0.2) is 4.98 Å². The highest BCUT2D eigenvalue weighted by atomic mass is 16.2. The van der Waals surface area contributed by atoms with Crippen LogP contribution in [-0.2, 0) is 11.2 Å². The highest BCUT2D eigenvalue weighted by molar-refractivity contribution is 5.98. The third-order valence-corrected chi connectivity index (χ3v) is 7.06. The first-order valence-corrected chi connectivity index (χ1v) is 11.3. The summed E-state index contributed by atoms with van der Waals surface area (Å²) < 4.78 is 2.33. The van der Waals surface area contributed by atoms with Crippen LogP contribution in [0.2, 0.25) is 0 Å². The van der Waals surface area contributed by atoms with E-state index < -0.39 is 0 Å². The highest BCUT2D eigenvalue weighted by Gasteiger charge is 2.29. The van der Waals surface area contributed by atoms with E-state index in [2.05, 4.69) is 33.2 Å². The largest absolute Gasteiger partial charge is 0.339 e. The van der Waals surface area contributed by atoms with Gasteiger partial charge >= 0.3 is 0 Å². The van der Waals surface area contributed by atoms with Gasteiger partial charge < -0.3 is 14.8 Å². The molecule has 1 aromatic carbocycles. The maximum absolute atomic E-state index is 13.1. The fourth-order valence-electron chi connectivity index (χ4n) is 5.17. The van der Waals surface area contributed by atoms with Gasteiger partial charge in [-0.1, -0.05) is 0 Å². The van der Waals surface area contributed by atoms with Crippen molar-refractivity contribution in [1.82, 2.24) is 14.5 Å². The Morgan fingerprint density at radius 1 is 1.03 bits per heavy atom. The monoisotopic (exact) mass is 414 g/mol. The molecule has 2 fully saturated rings. The lowest BCUT2D eigenvalue weighted by atomic mass is 9.88. The van der Waals surface area contributed by atoms with Gasteiger partial charge in [-0.3, -0.25) is 9.59 Å². The van der Waals surface area contributed by atoms with E-state index in [4.69, 9.17) is 0 Å². The predicted octanol–water partition coefficient (Wildman–Crippen LogP) is 4.28.